The van der Waals surface area contributed by atoms with Crippen LogP contribution in [-0.4, -0.2) is 0 Å². The fourth-order valence-corrected chi connectivity index (χ4v) is 9.86. The Bertz CT molecular complexity index is 2820. The molecule has 0 N–H and O–H groups in total. The molecule has 0 fully saturated rings. The summed E-state index contributed by atoms with van der Waals surface area (Å²) in [4.78, 5) is 2.53. The second-order valence-corrected chi connectivity index (χ2v) is 14.6. The average Bonchev–Trinajstić information content (AvgIpc) is 3.75. The molecular weight excluding hydrogens is 631 g/mol. The first-order chi connectivity index (χ1) is 24.3. The zero-order valence-corrected chi connectivity index (χ0v) is 28.1. The Hall–Kier alpha value is -5.74. The number of rotatable bonds is 5. The zero-order valence-electron chi connectivity index (χ0n) is 26.5. The molecule has 0 bridgehead atoms. The van der Waals surface area contributed by atoms with Crippen LogP contribution in [0.15, 0.2) is 176 Å². The topological polar surface area (TPSA) is 3.24 Å². The van der Waals surface area contributed by atoms with Crippen molar-refractivity contribution in [3.05, 3.63) is 176 Å². The number of thiophene rings is 2. The smallest absolute Gasteiger partial charge is 0.0719 e. The molecule has 230 valence electrons. The number of hydrogen-bond acceptors (Lipinski definition) is 3. The van der Waals surface area contributed by atoms with Gasteiger partial charge in [-0.15, -0.1) is 22.7 Å². The molecular formula is C46H29NS2. The van der Waals surface area contributed by atoms with Gasteiger partial charge in [0.05, 0.1) is 20.8 Å². The molecule has 1 nitrogen and oxygen atoms in total. The molecule has 0 unspecified atom stereocenters. The lowest BCUT2D eigenvalue weighted by Gasteiger charge is -2.29. The first kappa shape index (κ1) is 28.3. The van der Waals surface area contributed by atoms with Gasteiger partial charge in [0.2, 0.25) is 0 Å². The molecule has 0 spiro atoms. The Labute approximate surface area is 292 Å². The van der Waals surface area contributed by atoms with Crippen LogP contribution in [0, 0.1) is 0 Å². The number of hydrogen-bond donors (Lipinski definition) is 0. The lowest BCUT2D eigenvalue weighted by Crippen LogP contribution is -2.11. The van der Waals surface area contributed by atoms with Gasteiger partial charge in [-0.3, -0.25) is 0 Å². The van der Waals surface area contributed by atoms with Gasteiger partial charge >= 0.3 is 0 Å². The fraction of sp³-hybridized carbons (Fsp3) is 0. The van der Waals surface area contributed by atoms with Gasteiger partial charge < -0.3 is 4.90 Å². The summed E-state index contributed by atoms with van der Waals surface area (Å²) in [5.74, 6) is 0. The normalized spacial score (nSPS) is 11.7. The maximum absolute atomic E-state index is 2.53. The Morgan fingerprint density at radius 3 is 1.69 bits per heavy atom. The molecule has 2 aromatic heterocycles. The average molecular weight is 660 g/mol. The quantitative estimate of drug-likeness (QED) is 0.178. The van der Waals surface area contributed by atoms with Gasteiger partial charge in [-0.25, -0.2) is 0 Å². The molecule has 10 rings (SSSR count). The predicted octanol–water partition coefficient (Wildman–Crippen LogP) is 14.4. The zero-order chi connectivity index (χ0) is 32.3. The third-order valence-corrected chi connectivity index (χ3v) is 12.1. The predicted molar refractivity (Wildman–Crippen MR) is 215 cm³/mol. The van der Waals surface area contributed by atoms with Crippen molar-refractivity contribution >= 4 is 90.9 Å². The van der Waals surface area contributed by atoms with Gasteiger partial charge in [0, 0.05) is 42.2 Å². The van der Waals surface area contributed by atoms with E-state index in [1.54, 1.807) is 0 Å². The van der Waals surface area contributed by atoms with Gasteiger partial charge in [0.1, 0.15) is 0 Å². The van der Waals surface area contributed by atoms with Gasteiger partial charge in [-0.2, -0.15) is 0 Å². The Morgan fingerprint density at radius 1 is 0.347 bits per heavy atom. The fourth-order valence-electron chi connectivity index (χ4n) is 7.41. The third kappa shape index (κ3) is 4.58. The van der Waals surface area contributed by atoms with Crippen molar-refractivity contribution in [3.8, 4) is 22.3 Å². The molecule has 8 aromatic carbocycles. The lowest BCUT2D eigenvalue weighted by atomic mass is 9.97. The minimum absolute atomic E-state index is 1.14. The Kier molecular flexibility index (Phi) is 6.61. The van der Waals surface area contributed by atoms with E-state index in [0.717, 1.165) is 5.69 Å². The van der Waals surface area contributed by atoms with E-state index in [1.165, 1.54) is 84.7 Å². The van der Waals surface area contributed by atoms with Crippen LogP contribution in [0.25, 0.3) is 73.4 Å². The summed E-state index contributed by atoms with van der Waals surface area (Å²) in [6, 6.07) is 64.4. The van der Waals surface area contributed by atoms with Crippen LogP contribution in [-0.2, 0) is 0 Å². The van der Waals surface area contributed by atoms with Crippen molar-refractivity contribution < 1.29 is 0 Å². The minimum atomic E-state index is 1.14. The molecule has 3 heteroatoms. The summed E-state index contributed by atoms with van der Waals surface area (Å²) in [5, 5.41) is 7.71. The highest BCUT2D eigenvalue weighted by Crippen LogP contribution is 2.52. The molecule has 10 aromatic rings. The van der Waals surface area contributed by atoms with Crippen LogP contribution in [0.4, 0.5) is 17.1 Å². The van der Waals surface area contributed by atoms with E-state index in [4.69, 9.17) is 0 Å². The maximum Gasteiger partial charge on any atom is 0.0719 e. The molecule has 0 saturated heterocycles. The van der Waals surface area contributed by atoms with Crippen molar-refractivity contribution in [3.63, 3.8) is 0 Å². The van der Waals surface area contributed by atoms with Gasteiger partial charge in [0.25, 0.3) is 0 Å². The Balaban J connectivity index is 1.29. The van der Waals surface area contributed by atoms with Gasteiger partial charge in [-0.05, 0) is 57.8 Å². The number of nitrogens with zero attached hydrogens (tertiary/aromatic N) is 1. The summed E-state index contributed by atoms with van der Waals surface area (Å²) >= 11 is 3.77. The third-order valence-electron chi connectivity index (χ3n) is 9.68. The van der Waals surface area contributed by atoms with Crippen molar-refractivity contribution in [1.82, 2.24) is 0 Å². The largest absolute Gasteiger partial charge is 0.307 e. The van der Waals surface area contributed by atoms with Crippen molar-refractivity contribution in [2.75, 3.05) is 4.90 Å². The van der Waals surface area contributed by atoms with E-state index in [0.29, 0.717) is 0 Å². The van der Waals surface area contributed by atoms with Crippen molar-refractivity contribution in [2.24, 2.45) is 0 Å². The van der Waals surface area contributed by atoms with Crippen LogP contribution < -0.4 is 4.90 Å². The van der Waals surface area contributed by atoms with Crippen LogP contribution in [0.3, 0.4) is 0 Å². The molecule has 2 heterocycles. The molecule has 0 atom stereocenters. The highest BCUT2D eigenvalue weighted by Gasteiger charge is 2.25. The number of benzene rings is 8. The van der Waals surface area contributed by atoms with Crippen LogP contribution in [0.2, 0.25) is 0 Å². The first-order valence-corrected chi connectivity index (χ1v) is 18.2. The van der Waals surface area contributed by atoms with E-state index in [9.17, 15) is 0 Å². The summed E-state index contributed by atoms with van der Waals surface area (Å²) < 4.78 is 5.19. The maximum atomic E-state index is 2.53. The number of fused-ring (bicyclic) bond motifs is 7. The van der Waals surface area contributed by atoms with Crippen LogP contribution in [0.5, 0.6) is 0 Å². The SMILES string of the molecule is c1ccc(-c2ccc3c(sc4ccccc43)c2N(c2ccc(-c3cccc4ccccc34)cc2)c2cccc3c2sc2ccccc23)cc1. The highest BCUT2D eigenvalue weighted by molar-refractivity contribution is 7.27. The summed E-state index contributed by atoms with van der Waals surface area (Å²) in [6.07, 6.45) is 0. The lowest BCUT2D eigenvalue weighted by molar-refractivity contribution is 1.32. The first-order valence-electron chi connectivity index (χ1n) is 16.6. The van der Waals surface area contributed by atoms with Crippen molar-refractivity contribution in [1.29, 1.82) is 0 Å². The summed E-state index contributed by atoms with van der Waals surface area (Å²) in [6.45, 7) is 0. The second-order valence-electron chi connectivity index (χ2n) is 12.5. The molecule has 0 aliphatic carbocycles. The Morgan fingerprint density at radius 2 is 0.918 bits per heavy atom. The molecule has 0 aliphatic heterocycles. The van der Waals surface area contributed by atoms with E-state index in [-0.39, 0.29) is 0 Å². The van der Waals surface area contributed by atoms with Crippen LogP contribution >= 0.6 is 22.7 Å². The van der Waals surface area contributed by atoms with E-state index in [2.05, 4.69) is 181 Å². The summed E-state index contributed by atoms with van der Waals surface area (Å²) in [5.41, 5.74) is 8.43. The molecule has 0 radical (unpaired) electrons. The van der Waals surface area contributed by atoms with Crippen LogP contribution in [0.1, 0.15) is 0 Å². The summed E-state index contributed by atoms with van der Waals surface area (Å²) in [7, 11) is 0. The molecule has 49 heavy (non-hydrogen) atoms. The second kappa shape index (κ2) is 11.5. The highest BCUT2D eigenvalue weighted by atomic mass is 32.1. The van der Waals surface area contributed by atoms with E-state index >= 15 is 0 Å². The molecule has 0 aliphatic rings. The molecule has 0 amide bonds. The molecule has 0 saturated carbocycles. The standard InChI is InChI=1S/C46H29NS2/c1-2-12-31(13-3-1)36-28-29-40-38-18-7-9-23-43(38)49-46(40)44(36)47(41-21-11-20-39-37-17-6-8-22-42(37)48-45(39)41)33-26-24-32(25-27-33)35-19-10-15-30-14-4-5-16-34(30)35/h1-29H. The monoisotopic (exact) mass is 659 g/mol. The van der Waals surface area contributed by atoms with Crippen molar-refractivity contribution in [2.45, 2.75) is 0 Å². The van der Waals surface area contributed by atoms with Gasteiger partial charge in [-0.1, -0.05) is 146 Å². The number of anilines is 3. The van der Waals surface area contributed by atoms with E-state index < -0.39 is 0 Å². The minimum Gasteiger partial charge on any atom is -0.307 e. The van der Waals surface area contributed by atoms with Gasteiger partial charge in [0.15, 0.2) is 0 Å². The van der Waals surface area contributed by atoms with E-state index in [1.807, 2.05) is 22.7 Å².